The Kier molecular flexibility index (Phi) is 5.80. The monoisotopic (exact) mass is 317 g/mol. The van der Waals surface area contributed by atoms with Gasteiger partial charge in [-0.25, -0.2) is 0 Å². The maximum Gasteiger partial charge on any atom is 0.303 e. The zero-order valence-electron chi connectivity index (χ0n) is 14.1. The number of aliphatic carboxylic acids is 1. The molecule has 1 saturated heterocycles. The highest BCUT2D eigenvalue weighted by atomic mass is 16.4. The van der Waals surface area contributed by atoms with Gasteiger partial charge in [-0.05, 0) is 37.2 Å². The number of carbonyl (C=O) groups is 2. The van der Waals surface area contributed by atoms with E-state index >= 15 is 0 Å². The molecule has 0 aliphatic carbocycles. The van der Waals surface area contributed by atoms with E-state index < -0.39 is 11.4 Å². The van der Waals surface area contributed by atoms with Crippen molar-refractivity contribution in [1.29, 1.82) is 0 Å². The Morgan fingerprint density at radius 1 is 1.13 bits per heavy atom. The molecule has 1 aromatic rings. The average molecular weight is 317 g/mol. The van der Waals surface area contributed by atoms with Crippen LogP contribution in [0.25, 0.3) is 0 Å². The molecule has 0 radical (unpaired) electrons. The van der Waals surface area contributed by atoms with Crippen molar-refractivity contribution < 1.29 is 14.7 Å². The highest BCUT2D eigenvalue weighted by Crippen LogP contribution is 2.35. The Morgan fingerprint density at radius 2 is 1.70 bits per heavy atom. The molecule has 0 unspecified atom stereocenters. The van der Waals surface area contributed by atoms with Crippen LogP contribution in [0.15, 0.2) is 30.3 Å². The van der Waals surface area contributed by atoms with Gasteiger partial charge in [0.05, 0.1) is 5.41 Å². The molecular weight excluding hydrogens is 290 g/mol. The lowest BCUT2D eigenvalue weighted by atomic mass is 9.74. The number of hydrogen-bond donors (Lipinski definition) is 1. The molecule has 126 valence electrons. The van der Waals surface area contributed by atoms with Gasteiger partial charge in [0.25, 0.3) is 0 Å². The normalized spacial score (nSPS) is 16.3. The van der Waals surface area contributed by atoms with Crippen LogP contribution in [0, 0.1) is 5.92 Å². The first kappa shape index (κ1) is 17.5. The van der Waals surface area contributed by atoms with Gasteiger partial charge in [0.15, 0.2) is 0 Å². The third-order valence-corrected chi connectivity index (χ3v) is 5.31. The summed E-state index contributed by atoms with van der Waals surface area (Å²) >= 11 is 0. The fourth-order valence-electron chi connectivity index (χ4n) is 3.73. The van der Waals surface area contributed by atoms with Gasteiger partial charge in [0.1, 0.15) is 0 Å². The highest BCUT2D eigenvalue weighted by Gasteiger charge is 2.40. The molecule has 2 rings (SSSR count). The predicted octanol–water partition coefficient (Wildman–Crippen LogP) is 3.46. The van der Waals surface area contributed by atoms with Crippen molar-refractivity contribution >= 4 is 11.9 Å². The summed E-state index contributed by atoms with van der Waals surface area (Å²) in [6.07, 6.45) is 3.35. The molecule has 0 aromatic heterocycles. The second-order valence-corrected chi connectivity index (χ2v) is 6.49. The Balaban J connectivity index is 2.13. The fraction of sp³-hybridized carbons (Fsp3) is 0.579. The van der Waals surface area contributed by atoms with Gasteiger partial charge in [0, 0.05) is 19.5 Å². The molecule has 1 aromatic carbocycles. The zero-order valence-corrected chi connectivity index (χ0v) is 14.1. The summed E-state index contributed by atoms with van der Waals surface area (Å²) in [4.78, 5) is 26.0. The van der Waals surface area contributed by atoms with Crippen LogP contribution in [-0.2, 0) is 15.0 Å². The average Bonchev–Trinajstić information content (AvgIpc) is 2.57. The number of piperidine rings is 1. The Morgan fingerprint density at radius 3 is 2.17 bits per heavy atom. The van der Waals surface area contributed by atoms with Crippen molar-refractivity contribution in [1.82, 2.24) is 4.90 Å². The van der Waals surface area contributed by atoms with Crippen LogP contribution in [0.1, 0.15) is 51.5 Å². The van der Waals surface area contributed by atoms with Gasteiger partial charge in [-0.1, -0.05) is 44.2 Å². The molecule has 4 nitrogen and oxygen atoms in total. The standard InChI is InChI=1S/C19H27NO3/c1-3-19(4-2,16-8-6-5-7-9-16)18(23)20-12-10-15(11-13-20)14-17(21)22/h5-9,15H,3-4,10-14H2,1-2H3,(H,21,22). The molecule has 4 heteroatoms. The van der Waals surface area contributed by atoms with Gasteiger partial charge >= 0.3 is 5.97 Å². The minimum atomic E-state index is -0.740. The summed E-state index contributed by atoms with van der Waals surface area (Å²) in [5.41, 5.74) is 0.628. The lowest BCUT2D eigenvalue weighted by molar-refractivity contribution is -0.140. The number of carboxylic acid groups (broad SMARTS) is 1. The summed E-state index contributed by atoms with van der Waals surface area (Å²) in [6.45, 7) is 5.49. The minimum absolute atomic E-state index is 0.197. The van der Waals surface area contributed by atoms with E-state index in [-0.39, 0.29) is 18.2 Å². The summed E-state index contributed by atoms with van der Waals surface area (Å²) in [6, 6.07) is 10.0. The van der Waals surface area contributed by atoms with E-state index in [1.165, 1.54) is 0 Å². The quantitative estimate of drug-likeness (QED) is 0.874. The van der Waals surface area contributed by atoms with Crippen molar-refractivity contribution in [3.05, 3.63) is 35.9 Å². The van der Waals surface area contributed by atoms with Gasteiger partial charge in [-0.2, -0.15) is 0 Å². The van der Waals surface area contributed by atoms with Crippen molar-refractivity contribution in [3.63, 3.8) is 0 Å². The first-order valence-corrected chi connectivity index (χ1v) is 8.60. The molecule has 0 atom stereocenters. The Bertz CT molecular complexity index is 529. The molecule has 23 heavy (non-hydrogen) atoms. The van der Waals surface area contributed by atoms with Gasteiger partial charge in [-0.15, -0.1) is 0 Å². The Hall–Kier alpha value is -1.84. The van der Waals surface area contributed by atoms with Gasteiger partial charge < -0.3 is 10.0 Å². The number of nitrogens with zero attached hydrogens (tertiary/aromatic N) is 1. The molecule has 1 N–H and O–H groups in total. The number of hydrogen-bond acceptors (Lipinski definition) is 2. The third-order valence-electron chi connectivity index (χ3n) is 5.31. The summed E-state index contributed by atoms with van der Waals surface area (Å²) in [7, 11) is 0. The molecule has 1 aliphatic rings. The maximum absolute atomic E-state index is 13.2. The maximum atomic E-state index is 13.2. The van der Waals surface area contributed by atoms with Crippen LogP contribution >= 0.6 is 0 Å². The Labute approximate surface area is 138 Å². The van der Waals surface area contributed by atoms with E-state index in [2.05, 4.69) is 13.8 Å². The third kappa shape index (κ3) is 3.74. The molecule has 0 bridgehead atoms. The number of benzene rings is 1. The van der Waals surface area contributed by atoms with Crippen molar-refractivity contribution in [2.75, 3.05) is 13.1 Å². The second-order valence-electron chi connectivity index (χ2n) is 6.49. The summed E-state index contributed by atoms with van der Waals surface area (Å²) in [5.74, 6) is -0.344. The first-order chi connectivity index (χ1) is 11.0. The number of rotatable bonds is 6. The second kappa shape index (κ2) is 7.62. The smallest absolute Gasteiger partial charge is 0.303 e. The molecule has 1 fully saturated rings. The molecule has 0 spiro atoms. The van der Waals surface area contributed by atoms with Crippen molar-refractivity contribution in [2.45, 2.75) is 51.4 Å². The van der Waals surface area contributed by atoms with Crippen molar-refractivity contribution in [3.8, 4) is 0 Å². The van der Waals surface area contributed by atoms with Crippen LogP contribution in [-0.4, -0.2) is 35.0 Å². The van der Waals surface area contributed by atoms with E-state index in [0.29, 0.717) is 13.1 Å². The topological polar surface area (TPSA) is 57.6 Å². The predicted molar refractivity (Wildman–Crippen MR) is 90.3 cm³/mol. The van der Waals surface area contributed by atoms with Crippen LogP contribution in [0.2, 0.25) is 0 Å². The summed E-state index contributed by atoms with van der Waals surface area (Å²) < 4.78 is 0. The van der Waals surface area contributed by atoms with Gasteiger partial charge in [-0.3, -0.25) is 9.59 Å². The van der Waals surface area contributed by atoms with Crippen LogP contribution in [0.4, 0.5) is 0 Å². The fourth-order valence-corrected chi connectivity index (χ4v) is 3.73. The largest absolute Gasteiger partial charge is 0.481 e. The SMILES string of the molecule is CCC(CC)(C(=O)N1CCC(CC(=O)O)CC1)c1ccccc1. The van der Waals surface area contributed by atoms with E-state index in [9.17, 15) is 9.59 Å². The lowest BCUT2D eigenvalue weighted by Crippen LogP contribution is -2.49. The molecular formula is C19H27NO3. The molecule has 1 aliphatic heterocycles. The molecule has 1 amide bonds. The number of carbonyl (C=O) groups excluding carboxylic acids is 1. The summed E-state index contributed by atoms with van der Waals surface area (Å²) in [5, 5.41) is 8.91. The highest BCUT2D eigenvalue weighted by molar-refractivity contribution is 5.88. The van der Waals surface area contributed by atoms with E-state index in [1.807, 2.05) is 35.2 Å². The first-order valence-electron chi connectivity index (χ1n) is 8.60. The minimum Gasteiger partial charge on any atom is -0.481 e. The van der Waals surface area contributed by atoms with E-state index in [4.69, 9.17) is 5.11 Å². The lowest BCUT2D eigenvalue weighted by Gasteiger charge is -2.39. The van der Waals surface area contributed by atoms with E-state index in [1.54, 1.807) is 0 Å². The van der Waals surface area contributed by atoms with E-state index in [0.717, 1.165) is 31.2 Å². The van der Waals surface area contributed by atoms with Crippen LogP contribution < -0.4 is 0 Å². The van der Waals surface area contributed by atoms with Crippen molar-refractivity contribution in [2.24, 2.45) is 5.92 Å². The van der Waals surface area contributed by atoms with Gasteiger partial charge in [0.2, 0.25) is 5.91 Å². The number of amides is 1. The number of likely N-dealkylation sites (tertiary alicyclic amines) is 1. The molecule has 1 heterocycles. The van der Waals surface area contributed by atoms with Crippen LogP contribution in [0.3, 0.4) is 0 Å². The number of carboxylic acids is 1. The molecule has 0 saturated carbocycles. The zero-order chi connectivity index (χ0) is 16.9. The van der Waals surface area contributed by atoms with Crippen LogP contribution in [0.5, 0.6) is 0 Å².